The molecule has 0 saturated heterocycles. The minimum absolute atomic E-state index is 0.0771. The van der Waals surface area contributed by atoms with E-state index in [2.05, 4.69) is 20.5 Å². The summed E-state index contributed by atoms with van der Waals surface area (Å²) < 4.78 is 36.6. The van der Waals surface area contributed by atoms with Crippen LogP contribution in [0.25, 0.3) is 22.5 Å². The summed E-state index contributed by atoms with van der Waals surface area (Å²) in [7, 11) is 0.904. The van der Waals surface area contributed by atoms with E-state index in [1.807, 2.05) is 0 Å². The third kappa shape index (κ3) is 3.69. The lowest BCUT2D eigenvalue weighted by Crippen LogP contribution is -2.22. The van der Waals surface area contributed by atoms with Crippen molar-refractivity contribution in [3.8, 4) is 17.2 Å². The molecule has 0 atom stereocenters. The van der Waals surface area contributed by atoms with Gasteiger partial charge in [0.2, 0.25) is 15.9 Å². The predicted molar refractivity (Wildman–Crippen MR) is 105 cm³/mol. The van der Waals surface area contributed by atoms with Crippen LogP contribution in [0.5, 0.6) is 5.75 Å². The van der Waals surface area contributed by atoms with Crippen molar-refractivity contribution in [1.29, 1.82) is 0 Å². The highest BCUT2D eigenvalue weighted by molar-refractivity contribution is 7.89. The molecule has 0 aliphatic heterocycles. The molecule has 0 aliphatic rings. The van der Waals surface area contributed by atoms with Gasteiger partial charge in [0.25, 0.3) is 5.89 Å². The number of ether oxygens (including phenoxy) is 1. The molecular formula is C18H18N6O5S. The van der Waals surface area contributed by atoms with E-state index in [9.17, 15) is 8.42 Å². The third-order valence-electron chi connectivity index (χ3n) is 4.28. The van der Waals surface area contributed by atoms with Crippen molar-refractivity contribution >= 4 is 21.1 Å². The Kier molecular flexibility index (Phi) is 5.10. The molecule has 4 rings (SSSR count). The van der Waals surface area contributed by atoms with Gasteiger partial charge in [0.05, 0.1) is 12.0 Å². The van der Waals surface area contributed by atoms with E-state index in [1.165, 1.54) is 26.2 Å². The summed E-state index contributed by atoms with van der Waals surface area (Å²) in [6.07, 6.45) is 0. The molecule has 0 N–H and O–H groups in total. The second-order valence-electron chi connectivity index (χ2n) is 6.40. The van der Waals surface area contributed by atoms with E-state index in [1.54, 1.807) is 37.4 Å². The average Bonchev–Trinajstić information content (AvgIpc) is 3.38. The van der Waals surface area contributed by atoms with Gasteiger partial charge in [-0.05, 0) is 47.7 Å². The molecule has 0 amide bonds. The Morgan fingerprint density at radius 1 is 1.07 bits per heavy atom. The van der Waals surface area contributed by atoms with E-state index < -0.39 is 10.0 Å². The Balaban J connectivity index is 1.53. The van der Waals surface area contributed by atoms with Crippen LogP contribution in [-0.2, 0) is 16.6 Å². The highest BCUT2D eigenvalue weighted by Gasteiger charge is 2.19. The molecular weight excluding hydrogens is 412 g/mol. The number of hydrogen-bond acceptors (Lipinski definition) is 9. The van der Waals surface area contributed by atoms with Crippen LogP contribution < -0.4 is 9.57 Å². The smallest absolute Gasteiger partial charge is 0.257 e. The zero-order valence-corrected chi connectivity index (χ0v) is 17.2. The second kappa shape index (κ2) is 7.72. The van der Waals surface area contributed by atoms with Crippen LogP contribution in [0.4, 0.5) is 0 Å². The molecule has 2 aromatic heterocycles. The van der Waals surface area contributed by atoms with Crippen LogP contribution in [0, 0.1) is 0 Å². The van der Waals surface area contributed by atoms with Crippen LogP contribution in [0.15, 0.2) is 51.8 Å². The van der Waals surface area contributed by atoms with Gasteiger partial charge in [-0.2, -0.15) is 0 Å². The molecule has 0 saturated carbocycles. The highest BCUT2D eigenvalue weighted by Crippen LogP contribution is 2.22. The van der Waals surface area contributed by atoms with Gasteiger partial charge in [0.1, 0.15) is 16.8 Å². The second-order valence-corrected chi connectivity index (χ2v) is 8.56. The van der Waals surface area contributed by atoms with Gasteiger partial charge < -0.3 is 14.0 Å². The van der Waals surface area contributed by atoms with Crippen LogP contribution in [-0.4, -0.2) is 59.3 Å². The van der Waals surface area contributed by atoms with Crippen LogP contribution in [0.3, 0.4) is 0 Å². The summed E-state index contributed by atoms with van der Waals surface area (Å²) in [5.41, 5.74) is 1.62. The van der Waals surface area contributed by atoms with E-state index in [4.69, 9.17) is 14.0 Å². The lowest BCUT2D eigenvalue weighted by Gasteiger charge is -2.11. The van der Waals surface area contributed by atoms with Crippen molar-refractivity contribution in [3.63, 3.8) is 0 Å². The number of sulfonamides is 1. The maximum Gasteiger partial charge on any atom is 0.257 e. The number of aromatic nitrogens is 5. The van der Waals surface area contributed by atoms with E-state index in [0.29, 0.717) is 16.9 Å². The van der Waals surface area contributed by atoms with Crippen molar-refractivity contribution in [2.45, 2.75) is 11.5 Å². The Morgan fingerprint density at radius 2 is 1.83 bits per heavy atom. The van der Waals surface area contributed by atoms with Gasteiger partial charge >= 0.3 is 0 Å². The predicted octanol–water partition coefficient (Wildman–Crippen LogP) is 1.37. The van der Waals surface area contributed by atoms with Gasteiger partial charge in [0.15, 0.2) is 6.61 Å². The fourth-order valence-corrected chi connectivity index (χ4v) is 3.55. The molecule has 4 aromatic rings. The zero-order valence-electron chi connectivity index (χ0n) is 16.4. The quantitative estimate of drug-likeness (QED) is 0.427. The molecule has 30 heavy (non-hydrogen) atoms. The van der Waals surface area contributed by atoms with Gasteiger partial charge in [0, 0.05) is 19.7 Å². The van der Waals surface area contributed by atoms with E-state index in [0.717, 1.165) is 20.5 Å². The minimum atomic E-state index is -3.60. The number of hydrogen-bond donors (Lipinski definition) is 0. The average molecular weight is 430 g/mol. The molecule has 2 heterocycles. The Morgan fingerprint density at radius 3 is 2.53 bits per heavy atom. The van der Waals surface area contributed by atoms with Gasteiger partial charge in [-0.1, -0.05) is 4.85 Å². The number of nitrogens with zero attached hydrogens (tertiary/aromatic N) is 6. The van der Waals surface area contributed by atoms with Crippen molar-refractivity contribution < 1.29 is 22.4 Å². The van der Waals surface area contributed by atoms with Crippen molar-refractivity contribution in [3.05, 3.63) is 48.4 Å². The Hall–Kier alpha value is -3.51. The van der Waals surface area contributed by atoms with Gasteiger partial charge in [-0.25, -0.2) is 12.7 Å². The standard InChI is InChI=1S/C18H18N6O5S/c1-23(2)30(25,26)14-8-9-15-16(10-14)24(22-19-15)28-11-17-20-21-18(29-17)12-4-6-13(27-3)7-5-12/h4-10H,11H2,1-3H3. The van der Waals surface area contributed by atoms with Gasteiger partial charge in [-0.15, -0.1) is 15.3 Å². The Labute approximate surface area is 171 Å². The number of rotatable bonds is 7. The topological polar surface area (TPSA) is 125 Å². The monoisotopic (exact) mass is 430 g/mol. The summed E-state index contributed by atoms with van der Waals surface area (Å²) >= 11 is 0. The Bertz CT molecular complexity index is 1280. The summed E-state index contributed by atoms with van der Waals surface area (Å²) in [5.74, 6) is 1.27. The lowest BCUT2D eigenvalue weighted by atomic mass is 10.2. The summed E-state index contributed by atoms with van der Waals surface area (Å²) in [4.78, 5) is 6.81. The van der Waals surface area contributed by atoms with E-state index >= 15 is 0 Å². The molecule has 0 aliphatic carbocycles. The molecule has 156 valence electrons. The first-order valence-electron chi connectivity index (χ1n) is 8.76. The normalized spacial score (nSPS) is 11.9. The summed E-state index contributed by atoms with van der Waals surface area (Å²) in [6.45, 7) is -0.0771. The van der Waals surface area contributed by atoms with Crippen LogP contribution in [0.1, 0.15) is 5.89 Å². The largest absolute Gasteiger partial charge is 0.497 e. The first-order chi connectivity index (χ1) is 14.4. The first kappa shape index (κ1) is 19.8. The molecule has 11 nitrogen and oxygen atoms in total. The number of methoxy groups -OCH3 is 1. The molecule has 0 fully saturated rings. The SMILES string of the molecule is COc1ccc(-c2nnc(COn3nnc4ccc(S(=O)(=O)N(C)C)cc43)o2)cc1. The van der Waals surface area contributed by atoms with Gasteiger partial charge in [-0.3, -0.25) is 0 Å². The maximum atomic E-state index is 12.4. The maximum absolute atomic E-state index is 12.4. The molecule has 0 spiro atoms. The van der Waals surface area contributed by atoms with Crippen molar-refractivity contribution in [2.24, 2.45) is 0 Å². The van der Waals surface area contributed by atoms with Crippen LogP contribution in [0.2, 0.25) is 0 Å². The fourth-order valence-electron chi connectivity index (χ4n) is 2.62. The molecule has 2 aromatic carbocycles. The summed E-state index contributed by atoms with van der Waals surface area (Å²) in [5, 5.41) is 15.8. The first-order valence-corrected chi connectivity index (χ1v) is 10.2. The highest BCUT2D eigenvalue weighted by atomic mass is 32.2. The van der Waals surface area contributed by atoms with E-state index in [-0.39, 0.29) is 17.4 Å². The minimum Gasteiger partial charge on any atom is -0.497 e. The summed E-state index contributed by atoms with van der Waals surface area (Å²) in [6, 6.07) is 11.7. The molecule has 0 bridgehead atoms. The molecule has 0 unspecified atom stereocenters. The van der Waals surface area contributed by atoms with Crippen molar-refractivity contribution in [1.82, 2.24) is 29.7 Å². The molecule has 12 heteroatoms. The molecule has 0 radical (unpaired) electrons. The van der Waals surface area contributed by atoms with Crippen LogP contribution >= 0.6 is 0 Å². The van der Waals surface area contributed by atoms with Crippen molar-refractivity contribution in [2.75, 3.05) is 21.2 Å². The lowest BCUT2D eigenvalue weighted by molar-refractivity contribution is 0.0617. The number of fused-ring (bicyclic) bond motifs is 1. The fraction of sp³-hybridized carbons (Fsp3) is 0.222. The third-order valence-corrected chi connectivity index (χ3v) is 6.09. The number of benzene rings is 2. The zero-order chi connectivity index (χ0) is 21.3.